The summed E-state index contributed by atoms with van der Waals surface area (Å²) >= 11 is 0. The van der Waals surface area contributed by atoms with Gasteiger partial charge in [0.2, 0.25) is 0 Å². The molecule has 2 unspecified atom stereocenters. The third-order valence-corrected chi connectivity index (χ3v) is 2.07. The standard InChI is InChI=1S/C9H16N2O4/c10-4-3-6(5-12)8(13)2-1-7(11)9(14)15/h5-7H,1-4,10-11H2,(H,14,15). The van der Waals surface area contributed by atoms with Crippen LogP contribution in [0.2, 0.25) is 0 Å². The Hall–Kier alpha value is -1.27. The number of carboxylic acid groups (broad SMARTS) is 1. The molecule has 0 radical (unpaired) electrons. The van der Waals surface area contributed by atoms with Gasteiger partial charge in [-0.25, -0.2) is 0 Å². The van der Waals surface area contributed by atoms with Crippen LogP contribution in [0.25, 0.3) is 0 Å². The van der Waals surface area contributed by atoms with E-state index in [0.29, 0.717) is 12.7 Å². The average Bonchev–Trinajstić information content (AvgIpc) is 2.21. The lowest BCUT2D eigenvalue weighted by molar-refractivity contribution is -0.138. The highest BCUT2D eigenvalue weighted by Crippen LogP contribution is 2.06. The van der Waals surface area contributed by atoms with Gasteiger partial charge >= 0.3 is 5.97 Å². The Labute approximate surface area is 87.6 Å². The summed E-state index contributed by atoms with van der Waals surface area (Å²) in [6, 6.07) is -1.06. The fraction of sp³-hybridized carbons (Fsp3) is 0.667. The highest BCUT2D eigenvalue weighted by molar-refractivity contribution is 5.93. The monoisotopic (exact) mass is 216 g/mol. The second-order valence-corrected chi connectivity index (χ2v) is 3.27. The summed E-state index contributed by atoms with van der Waals surface area (Å²) in [6.45, 7) is 0.250. The molecule has 86 valence electrons. The van der Waals surface area contributed by atoms with Crippen LogP contribution in [-0.4, -0.2) is 35.7 Å². The number of rotatable bonds is 8. The van der Waals surface area contributed by atoms with Crippen LogP contribution in [0.3, 0.4) is 0 Å². The van der Waals surface area contributed by atoms with E-state index >= 15 is 0 Å². The second kappa shape index (κ2) is 7.08. The smallest absolute Gasteiger partial charge is 0.320 e. The maximum absolute atomic E-state index is 11.4. The normalized spacial score (nSPS) is 14.3. The minimum absolute atomic E-state index is 0.00310. The van der Waals surface area contributed by atoms with Crippen molar-refractivity contribution in [1.82, 2.24) is 0 Å². The average molecular weight is 216 g/mol. The first kappa shape index (κ1) is 13.7. The molecule has 0 bridgehead atoms. The van der Waals surface area contributed by atoms with Crippen molar-refractivity contribution in [2.75, 3.05) is 6.54 Å². The lowest BCUT2D eigenvalue weighted by atomic mass is 9.97. The molecule has 2 atom stereocenters. The number of carbonyl (C=O) groups is 3. The minimum Gasteiger partial charge on any atom is -0.480 e. The van der Waals surface area contributed by atoms with Crippen LogP contribution >= 0.6 is 0 Å². The van der Waals surface area contributed by atoms with E-state index in [1.807, 2.05) is 0 Å². The number of nitrogens with two attached hydrogens (primary N) is 2. The molecule has 0 saturated heterocycles. The van der Waals surface area contributed by atoms with E-state index in [4.69, 9.17) is 16.6 Å². The fourth-order valence-corrected chi connectivity index (χ4v) is 1.09. The van der Waals surface area contributed by atoms with Crippen molar-refractivity contribution in [3.8, 4) is 0 Å². The number of Topliss-reactive ketones (excluding diaryl/α,β-unsaturated/α-hetero) is 1. The Morgan fingerprint density at radius 1 is 1.33 bits per heavy atom. The molecule has 0 rings (SSSR count). The molecule has 0 fully saturated rings. The Kier molecular flexibility index (Phi) is 6.48. The summed E-state index contributed by atoms with van der Waals surface area (Å²) in [7, 11) is 0. The van der Waals surface area contributed by atoms with Gasteiger partial charge in [-0.1, -0.05) is 0 Å². The maximum atomic E-state index is 11.4. The van der Waals surface area contributed by atoms with Gasteiger partial charge in [0.25, 0.3) is 0 Å². The predicted molar refractivity (Wildman–Crippen MR) is 53.1 cm³/mol. The van der Waals surface area contributed by atoms with E-state index in [-0.39, 0.29) is 25.2 Å². The van der Waals surface area contributed by atoms with Crippen LogP contribution in [0.5, 0.6) is 0 Å². The SMILES string of the molecule is NCCC(C=O)C(=O)CCC(N)C(=O)O. The van der Waals surface area contributed by atoms with Crippen LogP contribution in [-0.2, 0) is 14.4 Å². The number of aldehydes is 1. The molecule has 5 N–H and O–H groups in total. The van der Waals surface area contributed by atoms with Gasteiger partial charge in [0, 0.05) is 6.42 Å². The van der Waals surface area contributed by atoms with Crippen molar-refractivity contribution in [3.05, 3.63) is 0 Å². The maximum Gasteiger partial charge on any atom is 0.320 e. The first-order valence-electron chi connectivity index (χ1n) is 4.69. The third kappa shape index (κ3) is 5.24. The lowest BCUT2D eigenvalue weighted by Crippen LogP contribution is -2.31. The van der Waals surface area contributed by atoms with Crippen LogP contribution in [0.15, 0.2) is 0 Å². The van der Waals surface area contributed by atoms with Crippen LogP contribution in [0, 0.1) is 5.92 Å². The Morgan fingerprint density at radius 3 is 2.33 bits per heavy atom. The third-order valence-electron chi connectivity index (χ3n) is 2.07. The molecule has 0 aliphatic heterocycles. The van der Waals surface area contributed by atoms with Crippen LogP contribution in [0.4, 0.5) is 0 Å². The first-order valence-corrected chi connectivity index (χ1v) is 4.69. The zero-order chi connectivity index (χ0) is 11.8. The predicted octanol–water partition coefficient (Wildman–Crippen LogP) is -1.09. The molecule has 0 amide bonds. The molecule has 0 aromatic rings. The van der Waals surface area contributed by atoms with E-state index in [2.05, 4.69) is 0 Å². The molecule has 0 saturated carbocycles. The molecule has 0 aromatic carbocycles. The second-order valence-electron chi connectivity index (χ2n) is 3.27. The summed E-state index contributed by atoms with van der Waals surface area (Å²) in [5.74, 6) is -2.17. The minimum atomic E-state index is -1.15. The van der Waals surface area contributed by atoms with E-state index in [1.165, 1.54) is 0 Å². The fourth-order valence-electron chi connectivity index (χ4n) is 1.09. The van der Waals surface area contributed by atoms with Crippen LogP contribution in [0.1, 0.15) is 19.3 Å². The van der Waals surface area contributed by atoms with E-state index in [0.717, 1.165) is 0 Å². The number of aliphatic carboxylic acids is 1. The molecule has 0 aliphatic carbocycles. The highest BCUT2D eigenvalue weighted by Gasteiger charge is 2.19. The first-order chi connectivity index (χ1) is 7.02. The van der Waals surface area contributed by atoms with E-state index in [9.17, 15) is 14.4 Å². The van der Waals surface area contributed by atoms with E-state index < -0.39 is 17.9 Å². The van der Waals surface area contributed by atoms with Gasteiger partial charge in [0.15, 0.2) is 0 Å². The zero-order valence-electron chi connectivity index (χ0n) is 8.39. The van der Waals surface area contributed by atoms with E-state index in [1.54, 1.807) is 0 Å². The molecular weight excluding hydrogens is 200 g/mol. The molecular formula is C9H16N2O4. The summed E-state index contributed by atoms with van der Waals surface area (Å²) in [4.78, 5) is 32.2. The molecule has 0 aliphatic rings. The van der Waals surface area contributed by atoms with Gasteiger partial charge in [-0.05, 0) is 19.4 Å². The van der Waals surface area contributed by atoms with Gasteiger partial charge in [0.1, 0.15) is 18.1 Å². The molecule has 6 heteroatoms. The summed E-state index contributed by atoms with van der Waals surface area (Å²) in [5, 5.41) is 8.47. The Morgan fingerprint density at radius 2 is 1.93 bits per heavy atom. The summed E-state index contributed by atoms with van der Waals surface area (Å²) in [5.41, 5.74) is 10.4. The number of carboxylic acids is 1. The number of ketones is 1. The summed E-state index contributed by atoms with van der Waals surface area (Å²) < 4.78 is 0. The topological polar surface area (TPSA) is 123 Å². The van der Waals surface area contributed by atoms with Crippen molar-refractivity contribution in [2.45, 2.75) is 25.3 Å². The zero-order valence-corrected chi connectivity index (χ0v) is 8.39. The largest absolute Gasteiger partial charge is 0.480 e. The number of hydrogen-bond donors (Lipinski definition) is 3. The quantitative estimate of drug-likeness (QED) is 0.350. The van der Waals surface area contributed by atoms with Gasteiger partial charge in [-0.2, -0.15) is 0 Å². The summed E-state index contributed by atoms with van der Waals surface area (Å²) in [6.07, 6.45) is 0.881. The van der Waals surface area contributed by atoms with Crippen molar-refractivity contribution < 1.29 is 19.5 Å². The number of carbonyl (C=O) groups excluding carboxylic acids is 2. The van der Waals surface area contributed by atoms with Gasteiger partial charge < -0.3 is 21.4 Å². The molecule has 15 heavy (non-hydrogen) atoms. The molecule has 6 nitrogen and oxygen atoms in total. The van der Waals surface area contributed by atoms with Crippen molar-refractivity contribution >= 4 is 18.0 Å². The Balaban J connectivity index is 4.00. The van der Waals surface area contributed by atoms with Gasteiger partial charge in [-0.3, -0.25) is 9.59 Å². The highest BCUT2D eigenvalue weighted by atomic mass is 16.4. The van der Waals surface area contributed by atoms with Gasteiger partial charge in [-0.15, -0.1) is 0 Å². The molecule has 0 spiro atoms. The van der Waals surface area contributed by atoms with Crippen molar-refractivity contribution in [3.63, 3.8) is 0 Å². The van der Waals surface area contributed by atoms with Gasteiger partial charge in [0.05, 0.1) is 5.92 Å². The number of hydrogen-bond acceptors (Lipinski definition) is 5. The lowest BCUT2D eigenvalue weighted by Gasteiger charge is -2.09. The Bertz CT molecular complexity index is 242. The van der Waals surface area contributed by atoms with Crippen LogP contribution < -0.4 is 11.5 Å². The molecule has 0 aromatic heterocycles. The van der Waals surface area contributed by atoms with Crippen molar-refractivity contribution in [1.29, 1.82) is 0 Å². The van der Waals surface area contributed by atoms with Crippen molar-refractivity contribution in [2.24, 2.45) is 17.4 Å². The molecule has 0 heterocycles.